The monoisotopic (exact) mass is 234 g/mol. The Balaban J connectivity index is 2.07. The van der Waals surface area contributed by atoms with Crippen LogP contribution in [0.1, 0.15) is 23.1 Å². The molecule has 1 unspecified atom stereocenters. The van der Waals surface area contributed by atoms with Crippen molar-refractivity contribution in [3.8, 4) is 5.75 Å². The highest BCUT2D eigenvalue weighted by Crippen LogP contribution is 2.25. The number of hydrogen-bond donors (Lipinski definition) is 2. The molecule has 1 saturated heterocycles. The molecule has 0 aliphatic carbocycles. The van der Waals surface area contributed by atoms with E-state index in [2.05, 4.69) is 36.6 Å². The number of rotatable bonds is 4. The van der Waals surface area contributed by atoms with Crippen LogP contribution >= 0.6 is 0 Å². The average Bonchev–Trinajstić information content (AvgIpc) is 2.78. The number of hydrogen-bond acceptors (Lipinski definition) is 3. The van der Waals surface area contributed by atoms with Gasteiger partial charge in [-0.25, -0.2) is 0 Å². The van der Waals surface area contributed by atoms with Crippen molar-refractivity contribution >= 4 is 0 Å². The van der Waals surface area contributed by atoms with Crippen LogP contribution in [0.15, 0.2) is 12.1 Å². The van der Waals surface area contributed by atoms with E-state index in [0.29, 0.717) is 6.04 Å². The predicted octanol–water partition coefficient (Wildman–Crippen LogP) is 1.76. The molecule has 1 fully saturated rings. The Bertz CT molecular complexity index is 384. The summed E-state index contributed by atoms with van der Waals surface area (Å²) in [4.78, 5) is 0. The highest BCUT2D eigenvalue weighted by Gasteiger charge is 2.15. The highest BCUT2D eigenvalue weighted by atomic mass is 16.5. The van der Waals surface area contributed by atoms with E-state index in [1.807, 2.05) is 0 Å². The lowest BCUT2D eigenvalue weighted by molar-refractivity contribution is 0.402. The Morgan fingerprint density at radius 2 is 2.24 bits per heavy atom. The van der Waals surface area contributed by atoms with Crippen LogP contribution in [0.3, 0.4) is 0 Å². The van der Waals surface area contributed by atoms with E-state index >= 15 is 0 Å². The van der Waals surface area contributed by atoms with Gasteiger partial charge in [-0.1, -0.05) is 17.7 Å². The molecule has 1 heterocycles. The van der Waals surface area contributed by atoms with Gasteiger partial charge in [0, 0.05) is 24.7 Å². The smallest absolute Gasteiger partial charge is 0.126 e. The van der Waals surface area contributed by atoms with Crippen molar-refractivity contribution < 1.29 is 4.74 Å². The lowest BCUT2D eigenvalue weighted by atomic mass is 10.1. The summed E-state index contributed by atoms with van der Waals surface area (Å²) < 4.78 is 5.49. The van der Waals surface area contributed by atoms with E-state index in [1.165, 1.54) is 23.1 Å². The zero-order valence-corrected chi connectivity index (χ0v) is 11.0. The molecule has 1 aliphatic heterocycles. The quantitative estimate of drug-likeness (QED) is 0.833. The highest BCUT2D eigenvalue weighted by molar-refractivity contribution is 5.43. The van der Waals surface area contributed by atoms with Crippen molar-refractivity contribution in [1.29, 1.82) is 0 Å². The van der Waals surface area contributed by atoms with Gasteiger partial charge < -0.3 is 15.4 Å². The Kier molecular flexibility index (Phi) is 4.02. The second-order valence-electron chi connectivity index (χ2n) is 4.84. The summed E-state index contributed by atoms with van der Waals surface area (Å²) in [6, 6.07) is 4.97. The fraction of sp³-hybridized carbons (Fsp3) is 0.571. The Morgan fingerprint density at radius 1 is 1.41 bits per heavy atom. The van der Waals surface area contributed by atoms with Crippen LogP contribution in [0.2, 0.25) is 0 Å². The largest absolute Gasteiger partial charge is 0.496 e. The van der Waals surface area contributed by atoms with Gasteiger partial charge in [-0.2, -0.15) is 0 Å². The van der Waals surface area contributed by atoms with Crippen molar-refractivity contribution in [3.63, 3.8) is 0 Å². The van der Waals surface area contributed by atoms with E-state index in [0.717, 1.165) is 25.4 Å². The molecule has 0 radical (unpaired) electrons. The lowest BCUT2D eigenvalue weighted by Crippen LogP contribution is -2.30. The fourth-order valence-corrected chi connectivity index (χ4v) is 2.55. The van der Waals surface area contributed by atoms with Gasteiger partial charge in [-0.05, 0) is 32.4 Å². The molecular weight excluding hydrogens is 212 g/mol. The van der Waals surface area contributed by atoms with Crippen LogP contribution < -0.4 is 15.4 Å². The van der Waals surface area contributed by atoms with E-state index in [1.54, 1.807) is 7.11 Å². The molecule has 1 aromatic rings. The minimum absolute atomic E-state index is 0.598. The maximum Gasteiger partial charge on any atom is 0.126 e. The van der Waals surface area contributed by atoms with Gasteiger partial charge in [-0.3, -0.25) is 0 Å². The Hall–Kier alpha value is -1.06. The first-order chi connectivity index (χ1) is 8.20. The average molecular weight is 234 g/mol. The zero-order valence-electron chi connectivity index (χ0n) is 11.0. The molecule has 3 nitrogen and oxygen atoms in total. The summed E-state index contributed by atoms with van der Waals surface area (Å²) in [5, 5.41) is 6.95. The normalized spacial score (nSPS) is 19.6. The molecule has 0 amide bonds. The van der Waals surface area contributed by atoms with Crippen molar-refractivity contribution in [2.45, 2.75) is 32.9 Å². The Morgan fingerprint density at radius 3 is 2.88 bits per heavy atom. The zero-order chi connectivity index (χ0) is 12.3. The molecule has 0 bridgehead atoms. The van der Waals surface area contributed by atoms with Crippen LogP contribution in [0, 0.1) is 13.8 Å². The number of benzene rings is 1. The molecule has 0 spiro atoms. The van der Waals surface area contributed by atoms with Gasteiger partial charge in [-0.15, -0.1) is 0 Å². The number of nitrogens with one attached hydrogen (secondary N) is 2. The molecule has 1 atom stereocenters. The van der Waals surface area contributed by atoms with Gasteiger partial charge in [0.2, 0.25) is 0 Å². The third-order valence-corrected chi connectivity index (χ3v) is 3.34. The van der Waals surface area contributed by atoms with Crippen LogP contribution in [0.4, 0.5) is 0 Å². The molecule has 1 aliphatic rings. The summed E-state index contributed by atoms with van der Waals surface area (Å²) in [6.07, 6.45) is 1.22. The van der Waals surface area contributed by atoms with Gasteiger partial charge in [0.05, 0.1) is 7.11 Å². The van der Waals surface area contributed by atoms with Gasteiger partial charge in [0.25, 0.3) is 0 Å². The van der Waals surface area contributed by atoms with Crippen LogP contribution in [-0.2, 0) is 6.54 Å². The lowest BCUT2D eigenvalue weighted by Gasteiger charge is -2.16. The van der Waals surface area contributed by atoms with E-state index in [9.17, 15) is 0 Å². The maximum absolute atomic E-state index is 5.49. The van der Waals surface area contributed by atoms with Gasteiger partial charge >= 0.3 is 0 Å². The second kappa shape index (κ2) is 5.52. The first kappa shape index (κ1) is 12.4. The van der Waals surface area contributed by atoms with E-state index < -0.39 is 0 Å². The SMILES string of the molecule is COc1c(C)cc(C)cc1CNC1CCNC1. The van der Waals surface area contributed by atoms with Crippen LogP contribution in [0.5, 0.6) is 5.75 Å². The first-order valence-electron chi connectivity index (χ1n) is 6.29. The van der Waals surface area contributed by atoms with Gasteiger partial charge in [0.15, 0.2) is 0 Å². The Labute approximate surface area is 104 Å². The summed E-state index contributed by atoms with van der Waals surface area (Å²) in [7, 11) is 1.75. The molecule has 0 aromatic heterocycles. The van der Waals surface area contributed by atoms with Gasteiger partial charge in [0.1, 0.15) is 5.75 Å². The minimum atomic E-state index is 0.598. The third kappa shape index (κ3) is 2.99. The van der Waals surface area contributed by atoms with E-state index in [-0.39, 0.29) is 0 Å². The summed E-state index contributed by atoms with van der Waals surface area (Å²) in [5.41, 5.74) is 3.77. The number of aryl methyl sites for hydroxylation is 2. The van der Waals surface area contributed by atoms with Crippen molar-refractivity contribution in [3.05, 3.63) is 28.8 Å². The molecule has 1 aromatic carbocycles. The molecule has 17 heavy (non-hydrogen) atoms. The van der Waals surface area contributed by atoms with Crippen molar-refractivity contribution in [2.24, 2.45) is 0 Å². The molecule has 2 N–H and O–H groups in total. The molecule has 2 rings (SSSR count). The second-order valence-corrected chi connectivity index (χ2v) is 4.84. The molecular formula is C14H22N2O. The standard InChI is InChI=1S/C14H22N2O/c1-10-6-11(2)14(17-3)12(7-10)8-16-13-4-5-15-9-13/h6-7,13,15-16H,4-5,8-9H2,1-3H3. The van der Waals surface area contributed by atoms with Crippen LogP contribution in [0.25, 0.3) is 0 Å². The third-order valence-electron chi connectivity index (χ3n) is 3.34. The molecule has 3 heteroatoms. The maximum atomic E-state index is 5.49. The number of methoxy groups -OCH3 is 1. The predicted molar refractivity (Wildman–Crippen MR) is 70.6 cm³/mol. The summed E-state index contributed by atoms with van der Waals surface area (Å²) >= 11 is 0. The first-order valence-corrected chi connectivity index (χ1v) is 6.29. The molecule has 0 saturated carbocycles. The minimum Gasteiger partial charge on any atom is -0.496 e. The summed E-state index contributed by atoms with van der Waals surface area (Å²) in [5.74, 6) is 1.02. The van der Waals surface area contributed by atoms with E-state index in [4.69, 9.17) is 4.74 Å². The fourth-order valence-electron chi connectivity index (χ4n) is 2.55. The summed E-state index contributed by atoms with van der Waals surface area (Å²) in [6.45, 7) is 7.33. The van der Waals surface area contributed by atoms with Crippen molar-refractivity contribution in [1.82, 2.24) is 10.6 Å². The van der Waals surface area contributed by atoms with Crippen molar-refractivity contribution in [2.75, 3.05) is 20.2 Å². The topological polar surface area (TPSA) is 33.3 Å². The van der Waals surface area contributed by atoms with Crippen LogP contribution in [-0.4, -0.2) is 26.2 Å². The molecule has 94 valence electrons. The number of ether oxygens (including phenoxy) is 1.